The Kier molecular flexibility index (Phi) is 5.22. The standard InChI is InChI=1S/C30H26N4O2/c1-19-11-3-9-17-25(19)33-27(21-13-5-7-15-23(21)31-29(33)35)28-22-14-6-8-16-24(22)32-30(36)34(28)26-18-10-4-12-20(26)2/h3-18,27-28H,1-2H3,(H,31,35)(H,32,36). The molecule has 0 spiro atoms. The number of fused-ring (bicyclic) bond motifs is 2. The van der Waals surface area contributed by atoms with Crippen molar-refractivity contribution in [3.8, 4) is 0 Å². The molecular formula is C30H26N4O2. The lowest BCUT2D eigenvalue weighted by Gasteiger charge is -2.48. The van der Waals surface area contributed by atoms with Crippen molar-refractivity contribution in [1.29, 1.82) is 0 Å². The van der Waals surface area contributed by atoms with Crippen molar-refractivity contribution in [1.82, 2.24) is 0 Å². The van der Waals surface area contributed by atoms with Gasteiger partial charge >= 0.3 is 12.1 Å². The summed E-state index contributed by atoms with van der Waals surface area (Å²) in [5, 5.41) is 6.15. The van der Waals surface area contributed by atoms with Gasteiger partial charge in [-0.1, -0.05) is 72.8 Å². The molecule has 0 aliphatic carbocycles. The zero-order valence-electron chi connectivity index (χ0n) is 20.1. The number of hydrogen-bond acceptors (Lipinski definition) is 2. The number of para-hydroxylation sites is 4. The molecule has 0 saturated heterocycles. The average molecular weight is 475 g/mol. The van der Waals surface area contributed by atoms with Crippen LogP contribution in [0.4, 0.5) is 32.3 Å². The highest BCUT2D eigenvalue weighted by molar-refractivity contribution is 6.09. The Morgan fingerprint density at radius 1 is 0.528 bits per heavy atom. The smallest absolute Gasteiger partial charge is 0.307 e. The molecule has 2 aliphatic heterocycles. The lowest BCUT2D eigenvalue weighted by molar-refractivity contribution is 0.246. The molecular weight excluding hydrogens is 448 g/mol. The van der Waals surface area contributed by atoms with E-state index in [1.807, 2.05) is 121 Å². The first-order valence-corrected chi connectivity index (χ1v) is 12.0. The van der Waals surface area contributed by atoms with Crippen LogP contribution in [0.15, 0.2) is 97.1 Å². The summed E-state index contributed by atoms with van der Waals surface area (Å²) in [4.78, 5) is 31.1. The number of nitrogens with one attached hydrogen (secondary N) is 2. The van der Waals surface area contributed by atoms with Gasteiger partial charge in [-0.3, -0.25) is 9.80 Å². The summed E-state index contributed by atoms with van der Waals surface area (Å²) in [6.45, 7) is 4.00. The first kappa shape index (κ1) is 21.9. The molecule has 6 heteroatoms. The number of carbonyl (C=O) groups is 2. The SMILES string of the molecule is Cc1ccccc1N1C(=O)Nc2ccccc2C1C1c2ccccc2NC(=O)N1c1ccccc1C. The van der Waals surface area contributed by atoms with E-state index in [0.717, 1.165) is 45.0 Å². The van der Waals surface area contributed by atoms with Gasteiger partial charge < -0.3 is 10.6 Å². The highest BCUT2D eigenvalue weighted by Crippen LogP contribution is 2.50. The third-order valence-corrected chi connectivity index (χ3v) is 7.09. The molecule has 2 heterocycles. The molecule has 4 aromatic carbocycles. The second kappa shape index (κ2) is 8.57. The molecule has 4 amide bonds. The summed E-state index contributed by atoms with van der Waals surface area (Å²) in [5.74, 6) is 0. The highest BCUT2D eigenvalue weighted by Gasteiger charge is 2.46. The Morgan fingerprint density at radius 3 is 1.31 bits per heavy atom. The Bertz CT molecular complexity index is 1380. The summed E-state index contributed by atoms with van der Waals surface area (Å²) in [7, 11) is 0. The summed E-state index contributed by atoms with van der Waals surface area (Å²) in [6, 6.07) is 30.1. The van der Waals surface area contributed by atoms with Gasteiger partial charge in [0.25, 0.3) is 0 Å². The van der Waals surface area contributed by atoms with Crippen LogP contribution >= 0.6 is 0 Å². The molecule has 2 atom stereocenters. The van der Waals surface area contributed by atoms with Crippen molar-refractivity contribution >= 4 is 34.8 Å². The normalized spacial score (nSPS) is 18.7. The fraction of sp³-hybridized carbons (Fsp3) is 0.133. The third kappa shape index (κ3) is 3.41. The van der Waals surface area contributed by atoms with Gasteiger partial charge in [-0.15, -0.1) is 0 Å². The van der Waals surface area contributed by atoms with Crippen LogP contribution in [0.5, 0.6) is 0 Å². The first-order valence-electron chi connectivity index (χ1n) is 12.0. The minimum Gasteiger partial charge on any atom is -0.307 e. The van der Waals surface area contributed by atoms with Gasteiger partial charge in [0.05, 0.1) is 12.1 Å². The van der Waals surface area contributed by atoms with Gasteiger partial charge in [-0.05, 0) is 49.2 Å². The number of carbonyl (C=O) groups excluding carboxylic acids is 2. The predicted octanol–water partition coefficient (Wildman–Crippen LogP) is 7.19. The fourth-order valence-corrected chi connectivity index (χ4v) is 5.43. The predicted molar refractivity (Wildman–Crippen MR) is 144 cm³/mol. The van der Waals surface area contributed by atoms with E-state index in [1.165, 1.54) is 0 Å². The van der Waals surface area contributed by atoms with E-state index < -0.39 is 12.1 Å². The van der Waals surface area contributed by atoms with E-state index in [-0.39, 0.29) is 12.1 Å². The summed E-state index contributed by atoms with van der Waals surface area (Å²) < 4.78 is 0. The molecule has 6 rings (SSSR count). The minimum atomic E-state index is -0.470. The summed E-state index contributed by atoms with van der Waals surface area (Å²) in [6.07, 6.45) is 0. The molecule has 0 bridgehead atoms. The molecule has 178 valence electrons. The summed E-state index contributed by atoms with van der Waals surface area (Å²) in [5.41, 5.74) is 6.99. The molecule has 36 heavy (non-hydrogen) atoms. The van der Waals surface area contributed by atoms with Crippen LogP contribution < -0.4 is 20.4 Å². The zero-order chi connectivity index (χ0) is 24.8. The lowest BCUT2D eigenvalue weighted by Crippen LogP contribution is -2.53. The van der Waals surface area contributed by atoms with Gasteiger partial charge in [0.15, 0.2) is 0 Å². The monoisotopic (exact) mass is 474 g/mol. The Balaban J connectivity index is 1.66. The maximum absolute atomic E-state index is 13.8. The van der Waals surface area contributed by atoms with Gasteiger partial charge in [-0.2, -0.15) is 0 Å². The quantitative estimate of drug-likeness (QED) is 0.330. The second-order valence-corrected chi connectivity index (χ2v) is 9.24. The number of amides is 4. The van der Waals surface area contributed by atoms with E-state index in [0.29, 0.717) is 0 Å². The van der Waals surface area contributed by atoms with Crippen molar-refractivity contribution in [2.24, 2.45) is 0 Å². The van der Waals surface area contributed by atoms with Crippen LogP contribution in [0.3, 0.4) is 0 Å². The molecule has 0 saturated carbocycles. The van der Waals surface area contributed by atoms with Gasteiger partial charge in [0.1, 0.15) is 0 Å². The van der Waals surface area contributed by atoms with Crippen LogP contribution in [0, 0.1) is 13.8 Å². The van der Waals surface area contributed by atoms with Crippen LogP contribution in [-0.4, -0.2) is 12.1 Å². The van der Waals surface area contributed by atoms with Crippen molar-refractivity contribution < 1.29 is 9.59 Å². The van der Waals surface area contributed by atoms with Crippen LogP contribution in [0.25, 0.3) is 0 Å². The molecule has 2 unspecified atom stereocenters. The van der Waals surface area contributed by atoms with E-state index in [1.54, 1.807) is 0 Å². The Labute approximate surface area is 210 Å². The lowest BCUT2D eigenvalue weighted by atomic mass is 9.85. The van der Waals surface area contributed by atoms with Crippen LogP contribution in [0.1, 0.15) is 34.3 Å². The molecule has 2 aliphatic rings. The number of anilines is 4. The maximum Gasteiger partial charge on any atom is 0.327 e. The van der Waals surface area contributed by atoms with Crippen molar-refractivity contribution in [3.63, 3.8) is 0 Å². The fourth-order valence-electron chi connectivity index (χ4n) is 5.43. The van der Waals surface area contributed by atoms with Crippen molar-refractivity contribution in [3.05, 3.63) is 119 Å². The molecule has 6 nitrogen and oxygen atoms in total. The topological polar surface area (TPSA) is 64.7 Å². The number of aryl methyl sites for hydroxylation is 2. The number of hydrogen-bond donors (Lipinski definition) is 2. The summed E-state index contributed by atoms with van der Waals surface area (Å²) >= 11 is 0. The molecule has 0 aromatic heterocycles. The number of nitrogens with zero attached hydrogens (tertiary/aromatic N) is 2. The molecule has 2 N–H and O–H groups in total. The van der Waals surface area contributed by atoms with E-state index in [9.17, 15) is 9.59 Å². The number of urea groups is 2. The van der Waals surface area contributed by atoms with E-state index in [2.05, 4.69) is 10.6 Å². The second-order valence-electron chi connectivity index (χ2n) is 9.24. The number of benzene rings is 4. The van der Waals surface area contributed by atoms with Crippen LogP contribution in [0.2, 0.25) is 0 Å². The van der Waals surface area contributed by atoms with Crippen molar-refractivity contribution in [2.45, 2.75) is 25.9 Å². The largest absolute Gasteiger partial charge is 0.327 e. The molecule has 4 aromatic rings. The first-order chi connectivity index (χ1) is 17.5. The average Bonchev–Trinajstić information content (AvgIpc) is 2.88. The Hall–Kier alpha value is -4.58. The zero-order valence-corrected chi connectivity index (χ0v) is 20.1. The van der Waals surface area contributed by atoms with Gasteiger partial charge in [-0.25, -0.2) is 9.59 Å². The van der Waals surface area contributed by atoms with E-state index >= 15 is 0 Å². The van der Waals surface area contributed by atoms with Crippen molar-refractivity contribution in [2.75, 3.05) is 20.4 Å². The van der Waals surface area contributed by atoms with Gasteiger partial charge in [0, 0.05) is 33.9 Å². The molecule has 0 fully saturated rings. The third-order valence-electron chi connectivity index (χ3n) is 7.09. The van der Waals surface area contributed by atoms with Gasteiger partial charge in [0.2, 0.25) is 0 Å². The number of rotatable bonds is 3. The Morgan fingerprint density at radius 2 is 0.889 bits per heavy atom. The molecule has 0 radical (unpaired) electrons. The van der Waals surface area contributed by atoms with Crippen LogP contribution in [-0.2, 0) is 0 Å². The minimum absolute atomic E-state index is 0.221. The van der Waals surface area contributed by atoms with E-state index in [4.69, 9.17) is 0 Å². The highest BCUT2D eigenvalue weighted by atomic mass is 16.2. The maximum atomic E-state index is 13.8.